The summed E-state index contributed by atoms with van der Waals surface area (Å²) in [4.78, 5) is 12.2. The smallest absolute Gasteiger partial charge is 0.238 e. The maximum absolute atomic E-state index is 12.2. The molecule has 0 fully saturated rings. The Kier molecular flexibility index (Phi) is 8.08. The van der Waals surface area contributed by atoms with Crippen molar-refractivity contribution >= 4 is 27.7 Å². The standard InChI is InChI=1S/C12H26N2O4S2/c1-6-20(17,18)14-10(7-8-19-5)11(16)13-12(3,4)9(2)15/h9-10,14-15H,6-8H2,1-5H3,(H,13,16). The Morgan fingerprint density at radius 1 is 1.40 bits per heavy atom. The lowest BCUT2D eigenvalue weighted by atomic mass is 9.98. The Hall–Kier alpha value is -0.310. The molecule has 0 aromatic carbocycles. The molecule has 0 aliphatic rings. The molecule has 0 radical (unpaired) electrons. The molecule has 0 aliphatic carbocycles. The summed E-state index contributed by atoms with van der Waals surface area (Å²) >= 11 is 1.54. The second-order valence-electron chi connectivity index (χ2n) is 5.24. The summed E-state index contributed by atoms with van der Waals surface area (Å²) in [6.45, 7) is 6.48. The summed E-state index contributed by atoms with van der Waals surface area (Å²) in [5, 5.41) is 12.3. The minimum absolute atomic E-state index is 0.0736. The van der Waals surface area contributed by atoms with Crippen LogP contribution in [0.15, 0.2) is 0 Å². The molecule has 0 rings (SSSR count). The SMILES string of the molecule is CCS(=O)(=O)NC(CCSC)C(=O)NC(C)(C)C(C)O. The molecule has 0 aromatic rings. The van der Waals surface area contributed by atoms with E-state index in [2.05, 4.69) is 10.0 Å². The number of nitrogens with one attached hydrogen (secondary N) is 2. The van der Waals surface area contributed by atoms with Gasteiger partial charge in [0.15, 0.2) is 0 Å². The van der Waals surface area contributed by atoms with Crippen LogP contribution in [0.3, 0.4) is 0 Å². The number of rotatable bonds is 9. The van der Waals surface area contributed by atoms with E-state index >= 15 is 0 Å². The molecule has 0 heterocycles. The monoisotopic (exact) mass is 326 g/mol. The van der Waals surface area contributed by atoms with E-state index < -0.39 is 33.6 Å². The summed E-state index contributed by atoms with van der Waals surface area (Å²) in [6.07, 6.45) is 1.56. The third kappa shape index (κ3) is 6.92. The zero-order chi connectivity index (χ0) is 16.0. The lowest BCUT2D eigenvalue weighted by Gasteiger charge is -2.31. The van der Waals surface area contributed by atoms with Crippen molar-refractivity contribution in [1.82, 2.24) is 10.0 Å². The van der Waals surface area contributed by atoms with Crippen molar-refractivity contribution < 1.29 is 18.3 Å². The number of carbonyl (C=O) groups is 1. The van der Waals surface area contributed by atoms with Crippen LogP contribution in [0.2, 0.25) is 0 Å². The quantitative estimate of drug-likeness (QED) is 0.567. The molecule has 6 nitrogen and oxygen atoms in total. The van der Waals surface area contributed by atoms with Gasteiger partial charge in [-0.3, -0.25) is 4.79 Å². The van der Waals surface area contributed by atoms with Crippen LogP contribution in [0.1, 0.15) is 34.1 Å². The fourth-order valence-corrected chi connectivity index (χ4v) is 2.58. The number of thioether (sulfide) groups is 1. The average molecular weight is 326 g/mol. The molecule has 120 valence electrons. The lowest BCUT2D eigenvalue weighted by Crippen LogP contribution is -2.57. The van der Waals surface area contributed by atoms with E-state index in [9.17, 15) is 18.3 Å². The number of aliphatic hydroxyl groups is 1. The van der Waals surface area contributed by atoms with Crippen LogP contribution in [0, 0.1) is 0 Å². The Morgan fingerprint density at radius 3 is 2.35 bits per heavy atom. The van der Waals surface area contributed by atoms with E-state index in [1.807, 2.05) is 6.26 Å². The summed E-state index contributed by atoms with van der Waals surface area (Å²) < 4.78 is 25.7. The molecule has 20 heavy (non-hydrogen) atoms. The van der Waals surface area contributed by atoms with Crippen molar-refractivity contribution in [2.24, 2.45) is 0 Å². The predicted molar refractivity (Wildman–Crippen MR) is 83.3 cm³/mol. The number of aliphatic hydroxyl groups excluding tert-OH is 1. The van der Waals surface area contributed by atoms with Crippen LogP contribution < -0.4 is 10.0 Å². The van der Waals surface area contributed by atoms with Crippen LogP contribution in [-0.2, 0) is 14.8 Å². The minimum Gasteiger partial charge on any atom is -0.391 e. The van der Waals surface area contributed by atoms with Gasteiger partial charge >= 0.3 is 0 Å². The Balaban J connectivity index is 4.90. The predicted octanol–water partition coefficient (Wildman–Crippen LogP) is 0.323. The maximum Gasteiger partial charge on any atom is 0.238 e. The van der Waals surface area contributed by atoms with Gasteiger partial charge in [0.25, 0.3) is 0 Å². The second kappa shape index (κ2) is 8.21. The highest BCUT2D eigenvalue weighted by Gasteiger charge is 2.30. The van der Waals surface area contributed by atoms with E-state index in [-0.39, 0.29) is 5.75 Å². The highest BCUT2D eigenvalue weighted by atomic mass is 32.2. The van der Waals surface area contributed by atoms with Crippen molar-refractivity contribution in [2.75, 3.05) is 17.8 Å². The molecule has 1 amide bonds. The fraction of sp³-hybridized carbons (Fsp3) is 0.917. The van der Waals surface area contributed by atoms with Gasteiger partial charge in [0, 0.05) is 0 Å². The molecule has 0 saturated carbocycles. The van der Waals surface area contributed by atoms with Crippen LogP contribution in [-0.4, -0.2) is 54.9 Å². The molecule has 0 spiro atoms. The second-order valence-corrected chi connectivity index (χ2v) is 8.27. The molecule has 3 N–H and O–H groups in total. The summed E-state index contributed by atoms with van der Waals surface area (Å²) in [6, 6.07) is -0.814. The summed E-state index contributed by atoms with van der Waals surface area (Å²) in [5.41, 5.74) is -0.813. The Morgan fingerprint density at radius 2 is 1.95 bits per heavy atom. The average Bonchev–Trinajstić information content (AvgIpc) is 2.33. The van der Waals surface area contributed by atoms with Crippen molar-refractivity contribution in [2.45, 2.75) is 51.8 Å². The fourth-order valence-electron chi connectivity index (χ4n) is 1.29. The van der Waals surface area contributed by atoms with Gasteiger partial charge in [-0.1, -0.05) is 0 Å². The highest BCUT2D eigenvalue weighted by Crippen LogP contribution is 2.10. The first-order chi connectivity index (χ1) is 9.05. The van der Waals surface area contributed by atoms with Crippen LogP contribution in [0.25, 0.3) is 0 Å². The topological polar surface area (TPSA) is 95.5 Å². The zero-order valence-corrected chi connectivity index (χ0v) is 14.4. The third-order valence-corrected chi connectivity index (χ3v) is 5.17. The number of carbonyl (C=O) groups excluding carboxylic acids is 1. The number of hydrogen-bond acceptors (Lipinski definition) is 5. The van der Waals surface area contributed by atoms with E-state index in [1.165, 1.54) is 6.92 Å². The largest absolute Gasteiger partial charge is 0.391 e. The van der Waals surface area contributed by atoms with Gasteiger partial charge in [0.05, 0.1) is 17.4 Å². The number of hydrogen-bond donors (Lipinski definition) is 3. The van der Waals surface area contributed by atoms with Crippen molar-refractivity contribution in [1.29, 1.82) is 0 Å². The van der Waals surface area contributed by atoms with Crippen molar-refractivity contribution in [3.63, 3.8) is 0 Å². The molecule has 0 aromatic heterocycles. The minimum atomic E-state index is -3.45. The maximum atomic E-state index is 12.2. The molecule has 2 atom stereocenters. The molecule has 0 bridgehead atoms. The van der Waals surface area contributed by atoms with Crippen LogP contribution in [0.5, 0.6) is 0 Å². The first-order valence-corrected chi connectivity index (χ1v) is 9.59. The number of amides is 1. The van der Waals surface area contributed by atoms with Gasteiger partial charge in [-0.25, -0.2) is 13.1 Å². The Labute approximate surface area is 126 Å². The normalized spacial score (nSPS) is 15.7. The molecule has 2 unspecified atom stereocenters. The van der Waals surface area contributed by atoms with Gasteiger partial charge < -0.3 is 10.4 Å². The number of sulfonamides is 1. The van der Waals surface area contributed by atoms with Crippen molar-refractivity contribution in [3.8, 4) is 0 Å². The van der Waals surface area contributed by atoms with Crippen LogP contribution >= 0.6 is 11.8 Å². The van der Waals surface area contributed by atoms with E-state index in [4.69, 9.17) is 0 Å². The molecule has 8 heteroatoms. The first-order valence-electron chi connectivity index (χ1n) is 6.54. The lowest BCUT2D eigenvalue weighted by molar-refractivity contribution is -0.125. The van der Waals surface area contributed by atoms with Crippen molar-refractivity contribution in [3.05, 3.63) is 0 Å². The van der Waals surface area contributed by atoms with Crippen LogP contribution in [0.4, 0.5) is 0 Å². The first kappa shape index (κ1) is 19.7. The van der Waals surface area contributed by atoms with E-state index in [0.29, 0.717) is 12.2 Å². The molecular formula is C12H26N2O4S2. The summed E-state index contributed by atoms with van der Waals surface area (Å²) in [5.74, 6) is 0.178. The van der Waals surface area contributed by atoms with Gasteiger partial charge in [0.1, 0.15) is 6.04 Å². The van der Waals surface area contributed by atoms with E-state index in [1.54, 1.807) is 32.5 Å². The van der Waals surface area contributed by atoms with Gasteiger partial charge in [-0.15, -0.1) is 0 Å². The summed E-state index contributed by atoms with van der Waals surface area (Å²) in [7, 11) is -3.45. The van der Waals surface area contributed by atoms with Gasteiger partial charge in [-0.05, 0) is 46.1 Å². The molecule has 0 aliphatic heterocycles. The molecule has 0 saturated heterocycles. The Bertz CT molecular complexity index is 408. The molecular weight excluding hydrogens is 300 g/mol. The zero-order valence-electron chi connectivity index (χ0n) is 12.8. The van der Waals surface area contributed by atoms with E-state index in [0.717, 1.165) is 0 Å². The third-order valence-electron chi connectivity index (χ3n) is 3.12. The highest BCUT2D eigenvalue weighted by molar-refractivity contribution is 7.98. The van der Waals surface area contributed by atoms with Gasteiger partial charge in [0.2, 0.25) is 15.9 Å². The van der Waals surface area contributed by atoms with Gasteiger partial charge in [-0.2, -0.15) is 11.8 Å².